The fourth-order valence-electron chi connectivity index (χ4n) is 4.34. The number of aromatic nitrogens is 7. The quantitative estimate of drug-likeness (QED) is 0.443. The summed E-state index contributed by atoms with van der Waals surface area (Å²) in [5.41, 5.74) is 12.6. The molecule has 0 amide bonds. The Balaban J connectivity index is 1.61. The van der Waals surface area contributed by atoms with Crippen LogP contribution in [0.25, 0.3) is 39.2 Å². The number of nitrogen functional groups attached to an aromatic ring is 1. The highest BCUT2D eigenvalue weighted by Crippen LogP contribution is 2.36. The Bertz CT molecular complexity index is 1590. The van der Waals surface area contributed by atoms with E-state index >= 15 is 0 Å². The molecule has 1 atom stereocenters. The van der Waals surface area contributed by atoms with Gasteiger partial charge in [-0.1, -0.05) is 12.1 Å². The fourth-order valence-corrected chi connectivity index (χ4v) is 4.34. The van der Waals surface area contributed by atoms with E-state index in [1.54, 1.807) is 12.4 Å². The van der Waals surface area contributed by atoms with Gasteiger partial charge >= 0.3 is 0 Å². The Morgan fingerprint density at radius 2 is 1.85 bits per heavy atom. The first-order chi connectivity index (χ1) is 16.2. The lowest BCUT2D eigenvalue weighted by Crippen LogP contribution is -2.10. The topological polar surface area (TPSA) is 99.8 Å². The van der Waals surface area contributed by atoms with Gasteiger partial charge in [0.25, 0.3) is 0 Å². The first-order valence-corrected chi connectivity index (χ1v) is 10.6. The first-order valence-electron chi connectivity index (χ1n) is 10.6. The predicted molar refractivity (Wildman–Crippen MR) is 127 cm³/mol. The summed E-state index contributed by atoms with van der Waals surface area (Å²) in [4.78, 5) is 17.7. The predicted octanol–water partition coefficient (Wildman–Crippen LogP) is 4.39. The van der Waals surface area contributed by atoms with Crippen molar-refractivity contribution in [3.05, 3.63) is 91.3 Å². The third-order valence-electron chi connectivity index (χ3n) is 5.89. The van der Waals surface area contributed by atoms with Gasteiger partial charge in [0.1, 0.15) is 17.8 Å². The van der Waals surface area contributed by atoms with Gasteiger partial charge in [-0.25, -0.2) is 14.6 Å². The molecule has 160 valence electrons. The molecule has 8 heteroatoms. The van der Waals surface area contributed by atoms with Crippen molar-refractivity contribution in [2.45, 2.75) is 13.0 Å². The lowest BCUT2D eigenvalue weighted by Gasteiger charge is -2.15. The minimum absolute atomic E-state index is 0.149. The number of nitrogens with two attached hydrogens (primary N) is 1. The van der Waals surface area contributed by atoms with Crippen LogP contribution in [0.3, 0.4) is 0 Å². The molecule has 0 spiro atoms. The first kappa shape index (κ1) is 19.1. The fraction of sp³-hybridized carbons (Fsp3) is 0.0800. The second-order valence-electron chi connectivity index (χ2n) is 7.83. The number of rotatable bonds is 4. The van der Waals surface area contributed by atoms with Crippen molar-refractivity contribution in [3.63, 3.8) is 0 Å². The zero-order chi connectivity index (χ0) is 22.4. The molecule has 0 aromatic carbocycles. The number of hydrogen-bond acceptors (Lipinski definition) is 6. The molecule has 6 aromatic heterocycles. The molecule has 6 aromatic rings. The van der Waals surface area contributed by atoms with Crippen molar-refractivity contribution in [2.75, 3.05) is 5.73 Å². The van der Waals surface area contributed by atoms with Crippen molar-refractivity contribution in [2.24, 2.45) is 0 Å². The third-order valence-corrected chi connectivity index (χ3v) is 5.89. The molecule has 0 radical (unpaired) electrons. The molecule has 0 saturated carbocycles. The maximum atomic E-state index is 6.29. The van der Waals surface area contributed by atoms with Gasteiger partial charge < -0.3 is 10.1 Å². The van der Waals surface area contributed by atoms with Crippen LogP contribution in [0.4, 0.5) is 5.82 Å². The number of hydrogen-bond donors (Lipinski definition) is 1. The molecular formula is C25H20N8. The summed E-state index contributed by atoms with van der Waals surface area (Å²) < 4.78 is 4.07. The summed E-state index contributed by atoms with van der Waals surface area (Å²) in [6, 6.07) is 17.9. The second-order valence-corrected chi connectivity index (χ2v) is 7.83. The van der Waals surface area contributed by atoms with Crippen molar-refractivity contribution in [3.8, 4) is 22.6 Å². The van der Waals surface area contributed by atoms with Gasteiger partial charge in [0.2, 0.25) is 0 Å². The van der Waals surface area contributed by atoms with E-state index in [1.165, 1.54) is 6.33 Å². The van der Waals surface area contributed by atoms with Crippen LogP contribution < -0.4 is 5.73 Å². The van der Waals surface area contributed by atoms with E-state index in [2.05, 4.69) is 49.6 Å². The van der Waals surface area contributed by atoms with Crippen LogP contribution in [0.2, 0.25) is 0 Å². The molecule has 6 heterocycles. The van der Waals surface area contributed by atoms with E-state index in [9.17, 15) is 0 Å². The monoisotopic (exact) mass is 432 g/mol. The zero-order valence-electron chi connectivity index (χ0n) is 17.9. The second kappa shape index (κ2) is 7.52. The average Bonchev–Trinajstić information content (AvgIpc) is 3.45. The summed E-state index contributed by atoms with van der Waals surface area (Å²) in [7, 11) is 0. The van der Waals surface area contributed by atoms with Gasteiger partial charge in [0.05, 0.1) is 22.8 Å². The van der Waals surface area contributed by atoms with Crippen LogP contribution in [-0.2, 0) is 0 Å². The number of anilines is 1. The number of nitrogens with zero attached hydrogens (tertiary/aromatic N) is 7. The zero-order valence-corrected chi connectivity index (χ0v) is 17.9. The Morgan fingerprint density at radius 3 is 2.67 bits per heavy atom. The lowest BCUT2D eigenvalue weighted by atomic mass is 10.1. The van der Waals surface area contributed by atoms with E-state index in [-0.39, 0.29) is 6.04 Å². The Morgan fingerprint density at radius 1 is 0.939 bits per heavy atom. The van der Waals surface area contributed by atoms with Crippen LogP contribution >= 0.6 is 0 Å². The third kappa shape index (κ3) is 3.03. The van der Waals surface area contributed by atoms with Crippen molar-refractivity contribution < 1.29 is 0 Å². The van der Waals surface area contributed by atoms with Crippen molar-refractivity contribution in [1.82, 2.24) is 34.1 Å². The molecule has 0 fully saturated rings. The van der Waals surface area contributed by atoms with E-state index < -0.39 is 0 Å². The number of pyridine rings is 3. The van der Waals surface area contributed by atoms with Crippen LogP contribution in [0.15, 0.2) is 85.7 Å². The van der Waals surface area contributed by atoms with Gasteiger partial charge in [0, 0.05) is 41.4 Å². The molecule has 0 bridgehead atoms. The Hall–Kier alpha value is -4.59. The van der Waals surface area contributed by atoms with Crippen LogP contribution in [0.1, 0.15) is 18.5 Å². The Kier molecular flexibility index (Phi) is 4.36. The Labute approximate surface area is 189 Å². The minimum Gasteiger partial charge on any atom is -0.383 e. The van der Waals surface area contributed by atoms with Gasteiger partial charge in [-0.2, -0.15) is 5.10 Å². The molecule has 33 heavy (non-hydrogen) atoms. The summed E-state index contributed by atoms with van der Waals surface area (Å²) in [5.74, 6) is 0.393. The molecule has 0 saturated heterocycles. The molecule has 0 aliphatic heterocycles. The lowest BCUT2D eigenvalue weighted by molar-refractivity contribution is 0.582. The molecule has 1 unspecified atom stereocenters. The standard InChI is InChI=1S/C25H20N8/c1-16(19-13-18-8-3-5-12-32(18)23(19)20-9-2-4-11-28-20)33-25-21(24(26)29-15-30-25)22(31-33)17-7-6-10-27-14-17/h2-16H,1H3,(H2,26,29,30). The summed E-state index contributed by atoms with van der Waals surface area (Å²) in [6.07, 6.45) is 8.85. The van der Waals surface area contributed by atoms with Crippen LogP contribution in [0.5, 0.6) is 0 Å². The highest BCUT2D eigenvalue weighted by molar-refractivity contribution is 5.98. The average molecular weight is 432 g/mol. The molecule has 2 N–H and O–H groups in total. The van der Waals surface area contributed by atoms with E-state index in [4.69, 9.17) is 10.8 Å². The summed E-state index contributed by atoms with van der Waals surface area (Å²) in [5, 5.41) is 5.69. The molecular weight excluding hydrogens is 412 g/mol. The summed E-state index contributed by atoms with van der Waals surface area (Å²) in [6.45, 7) is 2.11. The van der Waals surface area contributed by atoms with Crippen LogP contribution in [0, 0.1) is 0 Å². The SMILES string of the molecule is CC(c1cc2ccccn2c1-c1ccccn1)n1nc(-c2cccnc2)c2c(N)ncnc21. The van der Waals surface area contributed by atoms with E-state index in [0.29, 0.717) is 17.2 Å². The smallest absolute Gasteiger partial charge is 0.164 e. The highest BCUT2D eigenvalue weighted by atomic mass is 15.3. The van der Waals surface area contributed by atoms with Gasteiger partial charge in [-0.3, -0.25) is 9.97 Å². The van der Waals surface area contributed by atoms with E-state index in [1.807, 2.05) is 53.3 Å². The molecule has 0 aliphatic carbocycles. The largest absolute Gasteiger partial charge is 0.383 e. The normalized spacial score (nSPS) is 12.4. The van der Waals surface area contributed by atoms with E-state index in [0.717, 1.165) is 33.4 Å². The molecule has 8 nitrogen and oxygen atoms in total. The van der Waals surface area contributed by atoms with Gasteiger partial charge in [0.15, 0.2) is 5.65 Å². The maximum Gasteiger partial charge on any atom is 0.164 e. The highest BCUT2D eigenvalue weighted by Gasteiger charge is 2.25. The van der Waals surface area contributed by atoms with Gasteiger partial charge in [-0.15, -0.1) is 0 Å². The maximum absolute atomic E-state index is 6.29. The van der Waals surface area contributed by atoms with Gasteiger partial charge in [-0.05, 0) is 49.4 Å². The van der Waals surface area contributed by atoms with Crippen molar-refractivity contribution >= 4 is 22.4 Å². The summed E-state index contributed by atoms with van der Waals surface area (Å²) >= 11 is 0. The number of fused-ring (bicyclic) bond motifs is 2. The van der Waals surface area contributed by atoms with Crippen LogP contribution in [-0.4, -0.2) is 34.1 Å². The molecule has 6 rings (SSSR count). The molecule has 0 aliphatic rings. The van der Waals surface area contributed by atoms with Crippen molar-refractivity contribution in [1.29, 1.82) is 0 Å². The minimum atomic E-state index is -0.149.